The SMILES string of the molecule is CO[C@@]1(c2ccc(Cl)c(Cc3ccc(OC(F)(F)F)cc3)c2)O[C@H](CO)[C@@H](OCc2ccccc2)[C@H](OCc2ccccc2)[C@H]1OCc1ccccc1. The van der Waals surface area contributed by atoms with Crippen LogP contribution in [-0.2, 0) is 55.7 Å². The Balaban J connectivity index is 1.39. The van der Waals surface area contributed by atoms with Gasteiger partial charge in [0.15, 0.2) is 0 Å². The fraction of sp³-hybridized carbons (Fsp3) is 0.286. The number of halogens is 4. The molecular weight excluding hydrogens is 709 g/mol. The molecule has 278 valence electrons. The van der Waals surface area contributed by atoms with E-state index >= 15 is 0 Å². The molecule has 0 radical (unpaired) electrons. The van der Waals surface area contributed by atoms with Gasteiger partial charge >= 0.3 is 6.36 Å². The van der Waals surface area contributed by atoms with Gasteiger partial charge in [-0.15, -0.1) is 13.2 Å². The molecule has 0 aromatic heterocycles. The van der Waals surface area contributed by atoms with Gasteiger partial charge in [0.2, 0.25) is 5.79 Å². The van der Waals surface area contributed by atoms with Gasteiger partial charge in [0.05, 0.1) is 26.4 Å². The zero-order valence-corrected chi connectivity index (χ0v) is 29.7. The predicted molar refractivity (Wildman–Crippen MR) is 193 cm³/mol. The second-order valence-electron chi connectivity index (χ2n) is 12.6. The first-order valence-electron chi connectivity index (χ1n) is 17.1. The second-order valence-corrected chi connectivity index (χ2v) is 13.0. The van der Waals surface area contributed by atoms with Crippen LogP contribution in [0.25, 0.3) is 0 Å². The predicted octanol–water partition coefficient (Wildman–Crippen LogP) is 8.78. The summed E-state index contributed by atoms with van der Waals surface area (Å²) in [5.74, 6) is -1.96. The maximum atomic E-state index is 12.8. The van der Waals surface area contributed by atoms with Crippen LogP contribution in [0.15, 0.2) is 133 Å². The summed E-state index contributed by atoms with van der Waals surface area (Å²) in [5.41, 5.74) is 4.63. The van der Waals surface area contributed by atoms with E-state index in [0.29, 0.717) is 21.7 Å². The molecule has 1 aliphatic heterocycles. The van der Waals surface area contributed by atoms with Gasteiger partial charge in [-0.05, 0) is 58.5 Å². The van der Waals surface area contributed by atoms with Crippen molar-refractivity contribution in [3.63, 3.8) is 0 Å². The molecule has 0 aliphatic carbocycles. The van der Waals surface area contributed by atoms with E-state index in [1.54, 1.807) is 24.3 Å². The average Bonchev–Trinajstić information content (AvgIpc) is 3.17. The summed E-state index contributed by atoms with van der Waals surface area (Å²) in [6, 6.07) is 39.9. The quantitative estimate of drug-likeness (QED) is 0.115. The number of methoxy groups -OCH3 is 1. The van der Waals surface area contributed by atoms with Crippen LogP contribution in [0.1, 0.15) is 33.4 Å². The monoisotopic (exact) mass is 748 g/mol. The molecular formula is C42H40ClF3O7. The van der Waals surface area contributed by atoms with Crippen molar-refractivity contribution in [2.24, 2.45) is 0 Å². The summed E-state index contributed by atoms with van der Waals surface area (Å²) < 4.78 is 75.5. The van der Waals surface area contributed by atoms with Crippen molar-refractivity contribution >= 4 is 11.6 Å². The summed E-state index contributed by atoms with van der Waals surface area (Å²) in [6.45, 7) is 0.181. The van der Waals surface area contributed by atoms with Crippen molar-refractivity contribution in [1.29, 1.82) is 0 Å². The van der Waals surface area contributed by atoms with Crippen molar-refractivity contribution in [1.82, 2.24) is 0 Å². The molecule has 5 atom stereocenters. The first-order valence-corrected chi connectivity index (χ1v) is 17.5. The first-order chi connectivity index (χ1) is 25.7. The Morgan fingerprint density at radius 2 is 1.21 bits per heavy atom. The number of hydrogen-bond acceptors (Lipinski definition) is 7. The Kier molecular flexibility index (Phi) is 12.9. The van der Waals surface area contributed by atoms with Gasteiger partial charge in [0, 0.05) is 17.7 Å². The number of rotatable bonds is 15. The topological polar surface area (TPSA) is 75.6 Å². The van der Waals surface area contributed by atoms with Crippen LogP contribution in [0.5, 0.6) is 5.75 Å². The maximum Gasteiger partial charge on any atom is 0.573 e. The third kappa shape index (κ3) is 9.84. The number of benzene rings is 5. The van der Waals surface area contributed by atoms with Crippen molar-refractivity contribution in [3.05, 3.63) is 172 Å². The lowest BCUT2D eigenvalue weighted by Crippen LogP contribution is -2.66. The van der Waals surface area contributed by atoms with Crippen molar-refractivity contribution in [2.45, 2.75) is 62.8 Å². The fourth-order valence-corrected chi connectivity index (χ4v) is 6.64. The highest BCUT2D eigenvalue weighted by molar-refractivity contribution is 6.31. The van der Waals surface area contributed by atoms with E-state index in [4.69, 9.17) is 35.3 Å². The summed E-state index contributed by atoms with van der Waals surface area (Å²) >= 11 is 6.72. The smallest absolute Gasteiger partial charge is 0.406 e. The second kappa shape index (κ2) is 17.7. The van der Waals surface area contributed by atoms with E-state index in [-0.39, 0.29) is 32.0 Å². The Bertz CT molecular complexity index is 1860. The summed E-state index contributed by atoms with van der Waals surface area (Å²) in [4.78, 5) is 0. The van der Waals surface area contributed by atoms with E-state index < -0.39 is 43.2 Å². The number of alkyl halides is 3. The van der Waals surface area contributed by atoms with Gasteiger partial charge in [0.25, 0.3) is 0 Å². The van der Waals surface area contributed by atoms with Crippen LogP contribution in [0.4, 0.5) is 13.2 Å². The van der Waals surface area contributed by atoms with Crippen LogP contribution in [0, 0.1) is 0 Å². The average molecular weight is 749 g/mol. The zero-order chi connectivity index (χ0) is 37.3. The highest BCUT2D eigenvalue weighted by Crippen LogP contribution is 2.44. The molecule has 11 heteroatoms. The molecule has 1 heterocycles. The van der Waals surface area contributed by atoms with E-state index in [2.05, 4.69) is 4.74 Å². The molecule has 0 amide bonds. The third-order valence-electron chi connectivity index (χ3n) is 9.02. The third-order valence-corrected chi connectivity index (χ3v) is 9.38. The van der Waals surface area contributed by atoms with E-state index in [1.807, 2.05) is 97.1 Å². The Morgan fingerprint density at radius 3 is 1.72 bits per heavy atom. The minimum absolute atomic E-state index is 0.174. The van der Waals surface area contributed by atoms with E-state index in [9.17, 15) is 18.3 Å². The summed E-state index contributed by atoms with van der Waals surface area (Å²) in [5, 5.41) is 11.3. The minimum atomic E-state index is -4.80. The molecule has 0 saturated carbocycles. The van der Waals surface area contributed by atoms with E-state index in [1.165, 1.54) is 19.2 Å². The van der Waals surface area contributed by atoms with Gasteiger partial charge in [0.1, 0.15) is 30.2 Å². The molecule has 1 saturated heterocycles. The molecule has 1 N–H and O–H groups in total. The number of ether oxygens (including phenoxy) is 6. The molecule has 1 fully saturated rings. The lowest BCUT2D eigenvalue weighted by molar-refractivity contribution is -0.384. The van der Waals surface area contributed by atoms with Gasteiger partial charge in [-0.1, -0.05) is 121 Å². The minimum Gasteiger partial charge on any atom is -0.406 e. The maximum absolute atomic E-state index is 12.8. The molecule has 6 rings (SSSR count). The molecule has 0 spiro atoms. The Hall–Kier alpha value is -4.26. The van der Waals surface area contributed by atoms with Crippen LogP contribution >= 0.6 is 11.6 Å². The van der Waals surface area contributed by atoms with Gasteiger partial charge in [-0.2, -0.15) is 0 Å². The van der Waals surface area contributed by atoms with Gasteiger partial charge < -0.3 is 33.5 Å². The fourth-order valence-electron chi connectivity index (χ4n) is 6.45. The zero-order valence-electron chi connectivity index (χ0n) is 29.0. The molecule has 5 aromatic carbocycles. The number of aliphatic hydroxyl groups excluding tert-OH is 1. The van der Waals surface area contributed by atoms with Crippen molar-refractivity contribution in [3.8, 4) is 5.75 Å². The van der Waals surface area contributed by atoms with Crippen molar-refractivity contribution < 1.29 is 46.7 Å². The first kappa shape index (κ1) is 38.5. The van der Waals surface area contributed by atoms with Crippen molar-refractivity contribution in [2.75, 3.05) is 13.7 Å². The molecule has 7 nitrogen and oxygen atoms in total. The van der Waals surface area contributed by atoms with E-state index in [0.717, 1.165) is 16.7 Å². The summed E-state index contributed by atoms with van der Waals surface area (Å²) in [7, 11) is 1.50. The highest BCUT2D eigenvalue weighted by Gasteiger charge is 2.58. The normalized spacial score (nSPS) is 21.7. The molecule has 1 aliphatic rings. The molecule has 0 unspecified atom stereocenters. The molecule has 53 heavy (non-hydrogen) atoms. The number of hydrogen-bond donors (Lipinski definition) is 1. The standard InChI is InChI=1S/C42H40ClF3O7/c1-48-41(34-19-22-36(43)33(24-34)23-29-17-20-35(21-18-29)52-42(44,45)46)40(51-28-32-15-9-4-10-16-32)39(50-27-31-13-7-3-8-14-31)38(37(25-47)53-41)49-26-30-11-5-2-6-12-30/h2-22,24,37-40,47H,23,25-28H2,1H3/t37-,38-,39+,40-,41+/m1/s1. The van der Waals surface area contributed by atoms with Crippen LogP contribution in [0.2, 0.25) is 5.02 Å². The Morgan fingerprint density at radius 1 is 0.679 bits per heavy atom. The summed E-state index contributed by atoms with van der Waals surface area (Å²) in [6.07, 6.45) is -8.02. The molecule has 0 bridgehead atoms. The van der Waals surface area contributed by atoms with Crippen LogP contribution < -0.4 is 4.74 Å². The van der Waals surface area contributed by atoms with Gasteiger partial charge in [-0.3, -0.25) is 0 Å². The van der Waals surface area contributed by atoms with Crippen LogP contribution in [0.3, 0.4) is 0 Å². The Labute approximate surface area is 311 Å². The highest BCUT2D eigenvalue weighted by atomic mass is 35.5. The lowest BCUT2D eigenvalue weighted by Gasteiger charge is -2.52. The molecule has 5 aromatic rings. The lowest BCUT2D eigenvalue weighted by atomic mass is 9.86. The number of aliphatic hydroxyl groups is 1. The largest absolute Gasteiger partial charge is 0.573 e. The van der Waals surface area contributed by atoms with Gasteiger partial charge in [-0.25, -0.2) is 0 Å². The van der Waals surface area contributed by atoms with Crippen LogP contribution in [-0.4, -0.2) is 49.6 Å².